The molecule has 0 aliphatic heterocycles. The van der Waals surface area contributed by atoms with Crippen LogP contribution in [0, 0.1) is 13.8 Å². The number of benzene rings is 2. The first kappa shape index (κ1) is 15.8. The van der Waals surface area contributed by atoms with Crippen LogP contribution in [0.3, 0.4) is 0 Å². The predicted octanol–water partition coefficient (Wildman–Crippen LogP) is 3.44. The number of rotatable bonds is 3. The highest BCUT2D eigenvalue weighted by molar-refractivity contribution is 6.43. The van der Waals surface area contributed by atoms with E-state index in [0.717, 1.165) is 17.5 Å². The van der Waals surface area contributed by atoms with Crippen molar-refractivity contribution in [2.45, 2.75) is 27.2 Å². The number of aryl methyl sites for hydroxylation is 2. The van der Waals surface area contributed by atoms with Gasteiger partial charge in [0.1, 0.15) is 0 Å². The number of hydrogen-bond donors (Lipinski definition) is 2. The van der Waals surface area contributed by atoms with Crippen LogP contribution < -0.4 is 10.6 Å². The lowest BCUT2D eigenvalue weighted by atomic mass is 10.1. The van der Waals surface area contributed by atoms with Crippen molar-refractivity contribution in [3.63, 3.8) is 0 Å². The molecule has 0 bridgehead atoms. The van der Waals surface area contributed by atoms with Crippen LogP contribution in [0.1, 0.15) is 23.6 Å². The molecule has 0 unspecified atom stereocenters. The van der Waals surface area contributed by atoms with Crippen molar-refractivity contribution in [2.75, 3.05) is 10.6 Å². The van der Waals surface area contributed by atoms with E-state index < -0.39 is 11.8 Å². The van der Waals surface area contributed by atoms with Crippen LogP contribution in [0.25, 0.3) is 0 Å². The maximum absolute atomic E-state index is 12.0. The molecule has 4 heteroatoms. The molecular weight excluding hydrogens is 276 g/mol. The highest BCUT2D eigenvalue weighted by Gasteiger charge is 2.15. The summed E-state index contributed by atoms with van der Waals surface area (Å²) in [6, 6.07) is 13.0. The third-order valence-electron chi connectivity index (χ3n) is 3.68. The van der Waals surface area contributed by atoms with Gasteiger partial charge in [0.15, 0.2) is 0 Å². The van der Waals surface area contributed by atoms with E-state index in [1.54, 1.807) is 18.2 Å². The van der Waals surface area contributed by atoms with Gasteiger partial charge in [-0.05, 0) is 55.2 Å². The smallest absolute Gasteiger partial charge is 0.314 e. The maximum Gasteiger partial charge on any atom is 0.314 e. The number of carbonyl (C=O) groups excluding carboxylic acids is 2. The van der Waals surface area contributed by atoms with Crippen LogP contribution in [0.2, 0.25) is 0 Å². The summed E-state index contributed by atoms with van der Waals surface area (Å²) in [6.45, 7) is 5.93. The van der Waals surface area contributed by atoms with Crippen molar-refractivity contribution in [3.05, 3.63) is 59.2 Å². The van der Waals surface area contributed by atoms with Gasteiger partial charge in [-0.15, -0.1) is 0 Å². The molecule has 2 rings (SSSR count). The number of hydrogen-bond acceptors (Lipinski definition) is 2. The minimum Gasteiger partial charge on any atom is -0.318 e. The summed E-state index contributed by atoms with van der Waals surface area (Å²) in [5.41, 5.74) is 4.46. The van der Waals surface area contributed by atoms with E-state index >= 15 is 0 Å². The molecule has 22 heavy (non-hydrogen) atoms. The average molecular weight is 296 g/mol. The van der Waals surface area contributed by atoms with E-state index in [0.29, 0.717) is 11.4 Å². The standard InChI is InChI=1S/C18H20N2O2/c1-4-14-8-10-15(11-9-14)19-17(21)18(22)20-16-7-5-6-12(2)13(16)3/h5-11H,4H2,1-3H3,(H,19,21)(H,20,22). The Morgan fingerprint density at radius 1 is 0.909 bits per heavy atom. The van der Waals surface area contributed by atoms with Crippen LogP contribution in [0.5, 0.6) is 0 Å². The number of nitrogens with one attached hydrogen (secondary N) is 2. The van der Waals surface area contributed by atoms with Gasteiger partial charge >= 0.3 is 11.8 Å². The average Bonchev–Trinajstić information content (AvgIpc) is 2.52. The van der Waals surface area contributed by atoms with Crippen molar-refractivity contribution in [1.82, 2.24) is 0 Å². The van der Waals surface area contributed by atoms with Crippen LogP contribution in [0.15, 0.2) is 42.5 Å². The second kappa shape index (κ2) is 6.89. The Balaban J connectivity index is 2.02. The zero-order valence-corrected chi connectivity index (χ0v) is 13.1. The van der Waals surface area contributed by atoms with Crippen molar-refractivity contribution in [3.8, 4) is 0 Å². The quantitative estimate of drug-likeness (QED) is 0.852. The number of carbonyl (C=O) groups is 2. The van der Waals surface area contributed by atoms with Gasteiger partial charge in [-0.3, -0.25) is 9.59 Å². The minimum atomic E-state index is -0.676. The Morgan fingerprint density at radius 2 is 1.55 bits per heavy atom. The normalized spacial score (nSPS) is 10.1. The Bertz CT molecular complexity index is 691. The van der Waals surface area contributed by atoms with Gasteiger partial charge in [-0.2, -0.15) is 0 Å². The van der Waals surface area contributed by atoms with E-state index in [-0.39, 0.29) is 0 Å². The molecule has 0 aliphatic carbocycles. The highest BCUT2D eigenvalue weighted by atomic mass is 16.2. The molecule has 0 aliphatic rings. The fourth-order valence-corrected chi connectivity index (χ4v) is 2.08. The summed E-state index contributed by atoms with van der Waals surface area (Å²) in [5.74, 6) is -1.35. The molecule has 114 valence electrons. The predicted molar refractivity (Wildman–Crippen MR) is 89.0 cm³/mol. The summed E-state index contributed by atoms with van der Waals surface area (Å²) in [6.07, 6.45) is 0.932. The van der Waals surface area contributed by atoms with Gasteiger partial charge in [-0.1, -0.05) is 31.2 Å². The minimum absolute atomic E-state index is 0.610. The molecule has 0 fully saturated rings. The molecule has 0 spiro atoms. The molecule has 0 atom stereocenters. The molecule has 2 amide bonds. The van der Waals surface area contributed by atoms with E-state index in [2.05, 4.69) is 17.6 Å². The highest BCUT2D eigenvalue weighted by Crippen LogP contribution is 2.18. The third-order valence-corrected chi connectivity index (χ3v) is 3.68. The summed E-state index contributed by atoms with van der Waals surface area (Å²) in [4.78, 5) is 23.9. The van der Waals surface area contributed by atoms with Crippen LogP contribution in [0.4, 0.5) is 11.4 Å². The molecule has 0 radical (unpaired) electrons. The van der Waals surface area contributed by atoms with E-state index in [9.17, 15) is 9.59 Å². The summed E-state index contributed by atoms with van der Waals surface area (Å²) >= 11 is 0. The molecule has 4 nitrogen and oxygen atoms in total. The van der Waals surface area contributed by atoms with Crippen LogP contribution >= 0.6 is 0 Å². The van der Waals surface area contributed by atoms with Gasteiger partial charge in [0, 0.05) is 11.4 Å². The molecule has 0 saturated carbocycles. The molecule has 2 aromatic carbocycles. The van der Waals surface area contributed by atoms with Crippen molar-refractivity contribution >= 4 is 23.2 Å². The van der Waals surface area contributed by atoms with Gasteiger partial charge < -0.3 is 10.6 Å². The van der Waals surface area contributed by atoms with Crippen molar-refractivity contribution in [2.24, 2.45) is 0 Å². The monoisotopic (exact) mass is 296 g/mol. The van der Waals surface area contributed by atoms with Gasteiger partial charge in [-0.25, -0.2) is 0 Å². The Morgan fingerprint density at radius 3 is 2.18 bits per heavy atom. The SMILES string of the molecule is CCc1ccc(NC(=O)C(=O)Nc2cccc(C)c2C)cc1. The van der Waals surface area contributed by atoms with Crippen LogP contribution in [-0.2, 0) is 16.0 Å². The molecule has 0 saturated heterocycles. The first-order chi connectivity index (χ1) is 10.5. The summed E-state index contributed by atoms with van der Waals surface area (Å²) in [5, 5.41) is 5.24. The van der Waals surface area contributed by atoms with Gasteiger partial charge in [0.25, 0.3) is 0 Å². The lowest BCUT2D eigenvalue weighted by Crippen LogP contribution is -2.29. The number of amides is 2. The second-order valence-corrected chi connectivity index (χ2v) is 5.21. The fraction of sp³-hybridized carbons (Fsp3) is 0.222. The summed E-state index contributed by atoms with van der Waals surface area (Å²) < 4.78 is 0. The lowest BCUT2D eigenvalue weighted by molar-refractivity contribution is -0.133. The maximum atomic E-state index is 12.0. The van der Waals surface area contributed by atoms with Gasteiger partial charge in [0.2, 0.25) is 0 Å². The Kier molecular flexibility index (Phi) is 4.94. The fourth-order valence-electron chi connectivity index (χ4n) is 2.08. The molecule has 2 N–H and O–H groups in total. The van der Waals surface area contributed by atoms with E-state index in [4.69, 9.17) is 0 Å². The molecule has 0 aromatic heterocycles. The first-order valence-electron chi connectivity index (χ1n) is 7.28. The van der Waals surface area contributed by atoms with Crippen molar-refractivity contribution in [1.29, 1.82) is 0 Å². The Labute approximate surface area is 130 Å². The van der Waals surface area contributed by atoms with E-state index in [1.807, 2.05) is 38.1 Å². The van der Waals surface area contributed by atoms with Gasteiger partial charge in [0.05, 0.1) is 0 Å². The van der Waals surface area contributed by atoms with E-state index in [1.165, 1.54) is 5.56 Å². The zero-order valence-electron chi connectivity index (χ0n) is 13.1. The Hall–Kier alpha value is -2.62. The molecule has 0 heterocycles. The lowest BCUT2D eigenvalue weighted by Gasteiger charge is -2.10. The first-order valence-corrected chi connectivity index (χ1v) is 7.28. The topological polar surface area (TPSA) is 58.2 Å². The van der Waals surface area contributed by atoms with Crippen molar-refractivity contribution < 1.29 is 9.59 Å². The third kappa shape index (κ3) is 3.73. The summed E-state index contributed by atoms with van der Waals surface area (Å²) in [7, 11) is 0. The second-order valence-electron chi connectivity index (χ2n) is 5.21. The molecule has 2 aromatic rings. The van der Waals surface area contributed by atoms with Crippen LogP contribution in [-0.4, -0.2) is 11.8 Å². The number of anilines is 2. The largest absolute Gasteiger partial charge is 0.318 e. The molecular formula is C18H20N2O2. The zero-order chi connectivity index (χ0) is 16.1.